The van der Waals surface area contributed by atoms with E-state index in [2.05, 4.69) is 90.5 Å². The monoisotopic (exact) mass is 1810 g/mol. The minimum absolute atomic E-state index is 0.0318. The van der Waals surface area contributed by atoms with E-state index in [1.54, 1.807) is 45.1 Å². The molecule has 3 aliphatic heterocycles. The predicted octanol–water partition coefficient (Wildman–Crippen LogP) is 12.4. The van der Waals surface area contributed by atoms with Gasteiger partial charge in [-0.25, -0.2) is 68.3 Å². The summed E-state index contributed by atoms with van der Waals surface area (Å²) in [6.07, 6.45) is 16.9. The van der Waals surface area contributed by atoms with Gasteiger partial charge in [0.2, 0.25) is 12.4 Å². The van der Waals surface area contributed by atoms with E-state index in [9.17, 15) is 38.4 Å². The molecule has 33 nitrogen and oxygen atoms in total. The number of methoxy groups -OCH3 is 8. The molecule has 0 amide bonds. The first-order chi connectivity index (χ1) is 57.5. The van der Waals surface area contributed by atoms with Crippen molar-refractivity contribution < 1.29 is 107 Å². The van der Waals surface area contributed by atoms with E-state index in [1.807, 2.05) is 42.5 Å². The second-order valence-corrected chi connectivity index (χ2v) is 26.6. The van der Waals surface area contributed by atoms with Gasteiger partial charge in [-0.15, -0.1) is 23.2 Å². The van der Waals surface area contributed by atoms with Crippen LogP contribution in [0.4, 0.5) is 0 Å². The lowest BCUT2D eigenvalue weighted by Crippen LogP contribution is -2.31. The van der Waals surface area contributed by atoms with E-state index >= 15 is 0 Å². The van der Waals surface area contributed by atoms with Crippen LogP contribution in [-0.2, 0) is 99.2 Å². The number of carboxylic acid groups (broad SMARTS) is 2. The van der Waals surface area contributed by atoms with E-state index in [1.165, 1.54) is 120 Å². The summed E-state index contributed by atoms with van der Waals surface area (Å²) < 4.78 is 38.2. The van der Waals surface area contributed by atoms with Crippen LogP contribution in [0.15, 0.2) is 147 Å². The molecule has 13 rings (SSSR count). The molecule has 0 unspecified atom stereocenters. The van der Waals surface area contributed by atoms with Gasteiger partial charge in [0.1, 0.15) is 53.5 Å². The zero-order chi connectivity index (χ0) is 88.7. The number of aromatic carboxylic acids is 2. The van der Waals surface area contributed by atoms with Gasteiger partial charge in [-0.05, 0) is 89.5 Å². The molecule has 0 spiro atoms. The van der Waals surface area contributed by atoms with Crippen LogP contribution in [0.25, 0.3) is 0 Å². The summed E-state index contributed by atoms with van der Waals surface area (Å²) in [6, 6.07) is 20.6. The molecule has 0 saturated heterocycles. The Bertz CT molecular complexity index is 5070. The summed E-state index contributed by atoms with van der Waals surface area (Å²) in [5.41, 5.74) is 11.0. The second kappa shape index (κ2) is 51.4. The number of carboxylic acids is 2. The maximum absolute atomic E-state index is 11.3. The number of aliphatic hydroxyl groups excluding tert-OH is 2. The Morgan fingerprint density at radius 1 is 0.433 bits per heavy atom. The van der Waals surface area contributed by atoms with Crippen LogP contribution in [0.5, 0.6) is 11.5 Å². The first-order valence-corrected chi connectivity index (χ1v) is 37.8. The quantitative estimate of drug-likeness (QED) is 0.0131. The van der Waals surface area contributed by atoms with Crippen LogP contribution >= 0.6 is 92.8 Å². The Kier molecular flexibility index (Phi) is 42.5. The smallest absolute Gasteiger partial charge is 0.345 e. The van der Waals surface area contributed by atoms with Crippen molar-refractivity contribution in [3.05, 3.63) is 284 Å². The van der Waals surface area contributed by atoms with Crippen LogP contribution < -0.4 is 19.5 Å². The molecule has 0 radical (unpaired) electrons. The van der Waals surface area contributed by atoms with Crippen molar-refractivity contribution in [1.29, 1.82) is 0 Å². The molecule has 6 N–H and O–H groups in total. The summed E-state index contributed by atoms with van der Waals surface area (Å²) in [4.78, 5) is 124. The number of fused-ring (bicyclic) bond motifs is 3. The summed E-state index contributed by atoms with van der Waals surface area (Å²) >= 11 is 46.2. The number of alkyl halides is 2. The molecular weight excluding hydrogens is 1740 g/mol. The maximum Gasteiger partial charge on any atom is 0.345 e. The van der Waals surface area contributed by atoms with Gasteiger partial charge in [-0.1, -0.05) is 75.7 Å². The summed E-state index contributed by atoms with van der Waals surface area (Å²) in [7, 11) is 12.7. The number of hydrogen-bond donors (Lipinski definition) is 6. The Labute approximate surface area is 727 Å². The standard InChI is InChI=1S/C16H17ClN2O2.C9H8ClNO4.C9H10NO5.C9H9NO4.C8H9ClN2.C7H6Cl3N.C7H7ClN2.C7H8ClNO2.C7H5NO4/c1-20-13-4-3-12(15(7-13)21-2)9-19-8-11-5-6-18-16(17)14(11)10-19;1-14-8(12)5-3-4-11-7(10)6(5)9(13)15-2;1-14-8(11)6-3-4-10(13)5-7(6)9(12)15-2;1-13-8(11)6-3-4-10-5-7(6)9(12)14-2;1-11-4-6-2-3-10-8(9)7(6)5-11;8-3-5-1-2-11-7(10)6(5)4-9;8-7-6-4-9-3-5(6)1-2-10-7;8-7-6(4-11)5(3-10)1-2-9-7;9-6(10)4-1-2-8-3-5(4)7(11)12/h3-7H,8-10H2,1-2H3;3-4H,1-2H3;3-5,13H,1-2H3;3-5H,1-2H3;2-3H,4-5H2,1H3;1-2H,3-4H2;1-2,9H,3-4H2;1-2,10-11H,3-4H2;1-3H,(H,9,10)(H,11,12)/q;;+1;;;;;;. The Morgan fingerprint density at radius 2 is 0.900 bits per heavy atom. The third kappa shape index (κ3) is 29.1. The third-order valence-electron chi connectivity index (χ3n) is 16.6. The van der Waals surface area contributed by atoms with Crippen molar-refractivity contribution >= 4 is 141 Å². The fourth-order valence-corrected chi connectivity index (χ4v) is 12.7. The fraction of sp³-hybridized carbons (Fsp3) is 0.253. The average Bonchev–Trinajstić information content (AvgIpc) is 1.54. The summed E-state index contributed by atoms with van der Waals surface area (Å²) in [5.74, 6) is -4.13. The molecule has 3 aliphatic rings. The normalized spacial score (nSPS) is 11.5. The van der Waals surface area contributed by atoms with E-state index in [4.69, 9.17) is 128 Å². The minimum atomic E-state index is -1.29. The molecule has 9 aromatic heterocycles. The van der Waals surface area contributed by atoms with Crippen molar-refractivity contribution in [2.75, 3.05) is 63.9 Å². The predicted molar refractivity (Wildman–Crippen MR) is 439 cm³/mol. The molecule has 41 heteroatoms. The molecule has 120 heavy (non-hydrogen) atoms. The number of aromatic nitrogens is 9. The SMILES string of the molecule is CN1Cc2ccnc(Cl)c2C1.COC(=O)c1cc[n+](O)cc1C(=O)OC.COC(=O)c1ccnc(Cl)c1C(=O)OC.COC(=O)c1ccncc1C(=O)OC.COc1ccc(CN2Cc3ccnc(Cl)c3C2)c(OC)c1.ClCc1ccnc(Cl)c1CCl.Clc1nccc2c1CNC2.O=C(O)c1ccncc1C(=O)O.OCc1ccnc(Cl)c1CO. The number of halogens is 8. The van der Waals surface area contributed by atoms with Crippen molar-refractivity contribution in [2.24, 2.45) is 0 Å². The molecule has 0 saturated carbocycles. The number of esters is 6. The van der Waals surface area contributed by atoms with Gasteiger partial charge in [0, 0.05) is 164 Å². The van der Waals surface area contributed by atoms with Gasteiger partial charge in [0.05, 0.1) is 109 Å². The van der Waals surface area contributed by atoms with Crippen LogP contribution in [0.3, 0.4) is 0 Å². The Hall–Kier alpha value is -11.2. The average molecular weight is 1820 g/mol. The largest absolute Gasteiger partial charge is 0.497 e. The molecule has 636 valence electrons. The van der Waals surface area contributed by atoms with Crippen molar-refractivity contribution in [2.45, 2.75) is 70.8 Å². The van der Waals surface area contributed by atoms with Gasteiger partial charge in [0.25, 0.3) is 0 Å². The number of nitrogens with one attached hydrogen (secondary N) is 1. The van der Waals surface area contributed by atoms with E-state index < -0.39 is 47.8 Å². The van der Waals surface area contributed by atoms with Gasteiger partial charge in [0.15, 0.2) is 0 Å². The third-order valence-corrected chi connectivity index (χ3v) is 19.1. The molecule has 12 heterocycles. The van der Waals surface area contributed by atoms with Crippen LogP contribution in [-0.4, -0.2) is 187 Å². The number of benzene rings is 1. The Balaban J connectivity index is 0.000000242. The van der Waals surface area contributed by atoms with Crippen molar-refractivity contribution in [3.63, 3.8) is 0 Å². The van der Waals surface area contributed by atoms with E-state index in [0.717, 1.165) is 104 Å². The number of nitrogens with zero attached hydrogens (tertiary/aromatic N) is 11. The number of ether oxygens (including phenoxy) is 8. The maximum atomic E-state index is 11.3. The highest BCUT2D eigenvalue weighted by atomic mass is 35.5. The highest BCUT2D eigenvalue weighted by molar-refractivity contribution is 6.33. The number of carbonyl (C=O) groups is 8. The number of pyridine rings is 9. The molecule has 10 aromatic rings. The lowest BCUT2D eigenvalue weighted by Gasteiger charge is -2.17. The summed E-state index contributed by atoms with van der Waals surface area (Å²) in [6.45, 7) is 5.90. The van der Waals surface area contributed by atoms with Gasteiger partial charge >= 0.3 is 47.8 Å². The second-order valence-electron chi connectivity index (χ2n) is 24.0. The summed E-state index contributed by atoms with van der Waals surface area (Å²) in [5, 5.41) is 49.4. The fourth-order valence-electron chi connectivity index (χ4n) is 10.6. The zero-order valence-electron chi connectivity index (χ0n) is 65.3. The van der Waals surface area contributed by atoms with Gasteiger partial charge < -0.3 is 63.6 Å². The lowest BCUT2D eigenvalue weighted by atomic mass is 10.1. The highest BCUT2D eigenvalue weighted by Crippen LogP contribution is 2.33. The topological polar surface area (TPSA) is 437 Å². The van der Waals surface area contributed by atoms with Crippen LogP contribution in [0.2, 0.25) is 30.9 Å². The Morgan fingerprint density at radius 3 is 1.39 bits per heavy atom. The van der Waals surface area contributed by atoms with E-state index in [0.29, 0.717) is 48.2 Å². The van der Waals surface area contributed by atoms with Gasteiger partial charge in [-0.2, -0.15) is 0 Å². The number of rotatable bonds is 16. The molecule has 0 bridgehead atoms. The first-order valence-electron chi connectivity index (χ1n) is 34.5. The minimum Gasteiger partial charge on any atom is -0.497 e. The molecule has 0 fully saturated rings. The molecular formula is C79H79Cl8N12O21+. The van der Waals surface area contributed by atoms with E-state index in [-0.39, 0.29) is 68.0 Å². The molecule has 0 aliphatic carbocycles. The number of hydrogen-bond acceptors (Lipinski definition) is 30. The van der Waals surface area contributed by atoms with Crippen molar-refractivity contribution in [3.8, 4) is 11.5 Å². The first kappa shape index (κ1) is 99.4. The van der Waals surface area contributed by atoms with Crippen LogP contribution in [0, 0.1) is 0 Å². The van der Waals surface area contributed by atoms with Crippen molar-refractivity contribution in [1.82, 2.24) is 55.0 Å². The molecule has 0 atom stereocenters. The number of carbonyl (C=O) groups excluding carboxylic acids is 6. The zero-order valence-corrected chi connectivity index (χ0v) is 71.4. The highest BCUT2D eigenvalue weighted by Gasteiger charge is 2.27. The van der Waals surface area contributed by atoms with Gasteiger partial charge in [-0.3, -0.25) is 25.0 Å². The lowest BCUT2D eigenvalue weighted by molar-refractivity contribution is -0.904. The molecule has 1 aromatic carbocycles. The van der Waals surface area contributed by atoms with Crippen LogP contribution in [0.1, 0.15) is 144 Å². The number of aliphatic hydroxyl groups is 2.